The van der Waals surface area contributed by atoms with Crippen LogP contribution in [0.4, 0.5) is 0 Å². The maximum Gasteiger partial charge on any atom is 0.195 e. The fourth-order valence-corrected chi connectivity index (χ4v) is 2.59. The highest BCUT2D eigenvalue weighted by Gasteiger charge is 2.38. The molecule has 1 aliphatic heterocycles. The number of rotatable bonds is 3. The summed E-state index contributed by atoms with van der Waals surface area (Å²) in [6.07, 6.45) is 0. The van der Waals surface area contributed by atoms with Gasteiger partial charge in [0.2, 0.25) is 0 Å². The third-order valence-corrected chi connectivity index (χ3v) is 3.65. The molecule has 0 amide bonds. The van der Waals surface area contributed by atoms with Crippen LogP contribution in [0.1, 0.15) is 23.6 Å². The van der Waals surface area contributed by atoms with Crippen LogP contribution in [0.3, 0.4) is 0 Å². The lowest BCUT2D eigenvalue weighted by Crippen LogP contribution is -2.47. The first-order valence-corrected chi connectivity index (χ1v) is 6.61. The average Bonchev–Trinajstić information content (AvgIpc) is 2.38. The van der Waals surface area contributed by atoms with Gasteiger partial charge in [0.25, 0.3) is 0 Å². The number of likely N-dealkylation sites (N-methyl/N-ethyl adjacent to an activating group) is 1. The Morgan fingerprint density at radius 2 is 1.89 bits per heavy atom. The van der Waals surface area contributed by atoms with Crippen molar-refractivity contribution in [3.63, 3.8) is 0 Å². The first-order chi connectivity index (χ1) is 9.00. The zero-order valence-corrected chi connectivity index (χ0v) is 12.4. The molecule has 1 aromatic rings. The summed E-state index contributed by atoms with van der Waals surface area (Å²) in [5.74, 6) is 0.0825. The van der Waals surface area contributed by atoms with E-state index in [0.29, 0.717) is 13.2 Å². The molecule has 0 aliphatic carbocycles. The number of aryl methyl sites for hydroxylation is 2. The van der Waals surface area contributed by atoms with E-state index in [0.717, 1.165) is 16.9 Å². The van der Waals surface area contributed by atoms with Crippen LogP contribution >= 0.6 is 0 Å². The lowest BCUT2D eigenvalue weighted by Gasteiger charge is -2.39. The number of methoxy groups -OCH3 is 1. The van der Waals surface area contributed by atoms with Crippen molar-refractivity contribution in [2.45, 2.75) is 32.6 Å². The number of ether oxygens (including phenoxy) is 3. The normalized spacial score (nSPS) is 27.3. The zero-order chi connectivity index (χ0) is 14.0. The highest BCUT2D eigenvalue weighted by Crippen LogP contribution is 2.39. The molecule has 0 saturated carbocycles. The molecule has 0 atom stereocenters. The molecule has 1 heterocycles. The van der Waals surface area contributed by atoms with Crippen LogP contribution in [0.15, 0.2) is 12.1 Å². The molecular weight excluding hydrogens is 242 g/mol. The Kier molecular flexibility index (Phi) is 4.13. The molecule has 1 aromatic carbocycles. The fourth-order valence-electron chi connectivity index (χ4n) is 2.59. The molecule has 1 aliphatic rings. The maximum absolute atomic E-state index is 5.95. The Morgan fingerprint density at radius 3 is 2.42 bits per heavy atom. The summed E-state index contributed by atoms with van der Waals surface area (Å²) in [4.78, 5) is 0. The summed E-state index contributed by atoms with van der Waals surface area (Å²) in [5, 5.41) is 3.16. The number of benzene rings is 1. The number of nitrogens with one attached hydrogen (secondary N) is 1. The molecule has 2 rings (SSSR count). The van der Waals surface area contributed by atoms with Gasteiger partial charge in [0.15, 0.2) is 5.79 Å². The van der Waals surface area contributed by atoms with E-state index in [9.17, 15) is 0 Å². The Bertz CT molecular complexity index is 451. The Balaban J connectivity index is 2.36. The van der Waals surface area contributed by atoms with E-state index in [2.05, 4.69) is 25.2 Å². The van der Waals surface area contributed by atoms with Gasteiger partial charge in [-0.3, -0.25) is 0 Å². The Hall–Kier alpha value is -1.10. The van der Waals surface area contributed by atoms with Crippen LogP contribution < -0.4 is 10.1 Å². The molecular formula is C15H23NO3. The summed E-state index contributed by atoms with van der Waals surface area (Å²) < 4.78 is 17.4. The minimum absolute atomic E-state index is 0.241. The van der Waals surface area contributed by atoms with Gasteiger partial charge in [-0.1, -0.05) is 6.07 Å². The van der Waals surface area contributed by atoms with Crippen molar-refractivity contribution < 1.29 is 14.2 Å². The van der Waals surface area contributed by atoms with Gasteiger partial charge in [-0.05, 0) is 45.0 Å². The van der Waals surface area contributed by atoms with Gasteiger partial charge < -0.3 is 19.5 Å². The second-order valence-corrected chi connectivity index (χ2v) is 5.21. The Labute approximate surface area is 115 Å². The molecule has 4 heteroatoms. The van der Waals surface area contributed by atoms with Gasteiger partial charge in [0, 0.05) is 0 Å². The van der Waals surface area contributed by atoms with Crippen LogP contribution in [-0.4, -0.2) is 33.4 Å². The molecule has 0 radical (unpaired) electrons. The molecule has 1 saturated heterocycles. The predicted octanol–water partition coefficient (Wildman–Crippen LogP) is 2.12. The molecule has 19 heavy (non-hydrogen) atoms. The van der Waals surface area contributed by atoms with Crippen molar-refractivity contribution in [3.05, 3.63) is 28.8 Å². The molecule has 0 spiro atoms. The summed E-state index contributed by atoms with van der Waals surface area (Å²) in [7, 11) is 3.60. The smallest absolute Gasteiger partial charge is 0.195 e. The monoisotopic (exact) mass is 265 g/mol. The van der Waals surface area contributed by atoms with E-state index in [1.54, 1.807) is 7.11 Å². The summed E-state index contributed by atoms with van der Waals surface area (Å²) in [6.45, 7) is 7.33. The Morgan fingerprint density at radius 1 is 1.26 bits per heavy atom. The largest absolute Gasteiger partial charge is 0.496 e. The van der Waals surface area contributed by atoms with E-state index >= 15 is 0 Å². The topological polar surface area (TPSA) is 39.7 Å². The van der Waals surface area contributed by atoms with Gasteiger partial charge in [0.05, 0.1) is 31.9 Å². The quantitative estimate of drug-likeness (QED) is 0.908. The fraction of sp³-hybridized carbons (Fsp3) is 0.600. The molecule has 4 nitrogen and oxygen atoms in total. The summed E-state index contributed by atoms with van der Waals surface area (Å²) in [5.41, 5.74) is 3.28. The minimum Gasteiger partial charge on any atom is -0.496 e. The van der Waals surface area contributed by atoms with Crippen LogP contribution in [-0.2, 0) is 15.3 Å². The highest BCUT2D eigenvalue weighted by atomic mass is 16.7. The van der Waals surface area contributed by atoms with Crippen molar-refractivity contribution in [3.8, 4) is 5.75 Å². The van der Waals surface area contributed by atoms with Gasteiger partial charge in [-0.25, -0.2) is 0 Å². The lowest BCUT2D eigenvalue weighted by atomic mass is 9.97. The van der Waals surface area contributed by atoms with Gasteiger partial charge in [-0.15, -0.1) is 0 Å². The third-order valence-electron chi connectivity index (χ3n) is 3.65. The van der Waals surface area contributed by atoms with E-state index in [-0.39, 0.29) is 6.04 Å². The van der Waals surface area contributed by atoms with E-state index < -0.39 is 5.79 Å². The summed E-state index contributed by atoms with van der Waals surface area (Å²) >= 11 is 0. The van der Waals surface area contributed by atoms with Crippen molar-refractivity contribution in [1.29, 1.82) is 0 Å². The van der Waals surface area contributed by atoms with Crippen LogP contribution in [0, 0.1) is 13.8 Å². The second kappa shape index (κ2) is 5.49. The second-order valence-electron chi connectivity index (χ2n) is 5.21. The van der Waals surface area contributed by atoms with E-state index in [1.165, 1.54) is 5.56 Å². The van der Waals surface area contributed by atoms with Gasteiger partial charge >= 0.3 is 0 Å². The lowest BCUT2D eigenvalue weighted by molar-refractivity contribution is -0.273. The van der Waals surface area contributed by atoms with Crippen LogP contribution in [0.5, 0.6) is 5.75 Å². The van der Waals surface area contributed by atoms with Crippen LogP contribution in [0.25, 0.3) is 0 Å². The molecule has 0 bridgehead atoms. The van der Waals surface area contributed by atoms with Crippen molar-refractivity contribution in [1.82, 2.24) is 5.32 Å². The summed E-state index contributed by atoms with van der Waals surface area (Å²) in [6, 6.07) is 4.38. The molecule has 0 aromatic heterocycles. The SMILES string of the molecule is CNC1COC(C)(c2c(C)cc(C)cc2OC)OC1. The zero-order valence-electron chi connectivity index (χ0n) is 12.4. The van der Waals surface area contributed by atoms with Crippen molar-refractivity contribution in [2.24, 2.45) is 0 Å². The highest BCUT2D eigenvalue weighted by molar-refractivity contribution is 5.45. The minimum atomic E-state index is -0.740. The van der Waals surface area contributed by atoms with Gasteiger partial charge in [0.1, 0.15) is 5.75 Å². The van der Waals surface area contributed by atoms with E-state index in [4.69, 9.17) is 14.2 Å². The predicted molar refractivity (Wildman–Crippen MR) is 74.6 cm³/mol. The van der Waals surface area contributed by atoms with Crippen LogP contribution in [0.2, 0.25) is 0 Å². The standard InChI is InChI=1S/C15H23NO3/c1-10-6-11(2)14(13(7-10)17-5)15(3)18-8-12(16-4)9-19-15/h6-7,12,16H,8-9H2,1-5H3. The molecule has 1 N–H and O–H groups in total. The first kappa shape index (κ1) is 14.3. The van der Waals surface area contributed by atoms with Crippen molar-refractivity contribution in [2.75, 3.05) is 27.4 Å². The number of hydrogen-bond donors (Lipinski definition) is 1. The van der Waals surface area contributed by atoms with Gasteiger partial charge in [-0.2, -0.15) is 0 Å². The van der Waals surface area contributed by atoms with E-state index in [1.807, 2.05) is 20.0 Å². The molecule has 106 valence electrons. The van der Waals surface area contributed by atoms with Crippen molar-refractivity contribution >= 4 is 0 Å². The molecule has 1 fully saturated rings. The molecule has 0 unspecified atom stereocenters. The number of hydrogen-bond acceptors (Lipinski definition) is 4. The average molecular weight is 265 g/mol. The maximum atomic E-state index is 5.95. The third kappa shape index (κ3) is 2.76. The first-order valence-electron chi connectivity index (χ1n) is 6.61.